The fourth-order valence-electron chi connectivity index (χ4n) is 2.94. The average Bonchev–Trinajstić information content (AvgIpc) is 3.28. The van der Waals surface area contributed by atoms with Crippen LogP contribution in [0, 0.1) is 10.1 Å². The van der Waals surface area contributed by atoms with Crippen LogP contribution in [0.2, 0.25) is 0 Å². The summed E-state index contributed by atoms with van der Waals surface area (Å²) in [6, 6.07) is 19.4. The van der Waals surface area contributed by atoms with E-state index in [0.29, 0.717) is 5.56 Å². The number of sulfonamides is 1. The summed E-state index contributed by atoms with van der Waals surface area (Å²) in [5, 5.41) is 21.3. The van der Waals surface area contributed by atoms with E-state index in [1.165, 1.54) is 36.4 Å². The van der Waals surface area contributed by atoms with Gasteiger partial charge in [0.2, 0.25) is 5.89 Å². The van der Waals surface area contributed by atoms with Gasteiger partial charge in [-0.15, -0.1) is 5.10 Å². The van der Waals surface area contributed by atoms with E-state index in [1.807, 2.05) is 6.07 Å². The van der Waals surface area contributed by atoms with E-state index in [1.54, 1.807) is 24.3 Å². The van der Waals surface area contributed by atoms with Crippen molar-refractivity contribution in [2.24, 2.45) is 0 Å². The highest BCUT2D eigenvalue weighted by molar-refractivity contribution is 7.92. The lowest BCUT2D eigenvalue weighted by atomic mass is 10.2. The van der Waals surface area contributed by atoms with E-state index >= 15 is 0 Å². The van der Waals surface area contributed by atoms with Gasteiger partial charge in [0, 0.05) is 11.6 Å². The second kappa shape index (κ2) is 8.88. The molecule has 12 heteroatoms. The van der Waals surface area contributed by atoms with Crippen LogP contribution in [0.4, 0.5) is 17.4 Å². The molecule has 1 amide bonds. The summed E-state index contributed by atoms with van der Waals surface area (Å²) in [6.45, 7) is 0. The molecule has 2 N–H and O–H groups in total. The van der Waals surface area contributed by atoms with E-state index in [9.17, 15) is 23.3 Å². The summed E-state index contributed by atoms with van der Waals surface area (Å²) in [4.78, 5) is 22.7. The maximum absolute atomic E-state index is 12.8. The van der Waals surface area contributed by atoms with Gasteiger partial charge in [-0.25, -0.2) is 8.42 Å². The van der Waals surface area contributed by atoms with Crippen LogP contribution in [0.5, 0.6) is 0 Å². The number of nitrogens with zero attached hydrogens (tertiary/aromatic N) is 3. The van der Waals surface area contributed by atoms with Gasteiger partial charge in [-0.1, -0.05) is 47.6 Å². The summed E-state index contributed by atoms with van der Waals surface area (Å²) >= 11 is 0. The van der Waals surface area contributed by atoms with E-state index in [4.69, 9.17) is 4.42 Å². The summed E-state index contributed by atoms with van der Waals surface area (Å²) in [6.07, 6.45) is 0. The molecule has 1 aromatic heterocycles. The van der Waals surface area contributed by atoms with Crippen molar-refractivity contribution in [3.8, 4) is 11.5 Å². The number of nitrogens with one attached hydrogen (secondary N) is 2. The maximum atomic E-state index is 12.8. The molecule has 11 nitrogen and oxygen atoms in total. The highest BCUT2D eigenvalue weighted by atomic mass is 32.2. The molecule has 0 aliphatic heterocycles. The Hall–Kier alpha value is -4.58. The zero-order valence-corrected chi connectivity index (χ0v) is 17.5. The number of hydrogen-bond acceptors (Lipinski definition) is 8. The van der Waals surface area contributed by atoms with Gasteiger partial charge >= 0.3 is 6.01 Å². The van der Waals surface area contributed by atoms with Gasteiger partial charge in [0.15, 0.2) is 4.90 Å². The Bertz CT molecular complexity index is 1440. The van der Waals surface area contributed by atoms with Gasteiger partial charge in [0.05, 0.1) is 16.2 Å². The Morgan fingerprint density at radius 3 is 2.33 bits per heavy atom. The minimum absolute atomic E-state index is 0.0564. The SMILES string of the molecule is O=C(Nc1nnc(-c2ccccc2)o1)c1ccccc1NS(=O)(=O)c1ccccc1[N+](=O)[O-]. The molecule has 4 aromatic rings. The van der Waals surface area contributed by atoms with Gasteiger partial charge in [-0.2, -0.15) is 0 Å². The van der Waals surface area contributed by atoms with Crippen LogP contribution in [0.1, 0.15) is 10.4 Å². The van der Waals surface area contributed by atoms with Crippen molar-refractivity contribution >= 4 is 33.3 Å². The van der Waals surface area contributed by atoms with Gasteiger partial charge in [0.1, 0.15) is 0 Å². The molecule has 3 aromatic carbocycles. The maximum Gasteiger partial charge on any atom is 0.322 e. The van der Waals surface area contributed by atoms with Crippen molar-refractivity contribution in [3.05, 3.63) is 94.5 Å². The van der Waals surface area contributed by atoms with E-state index in [0.717, 1.165) is 12.1 Å². The van der Waals surface area contributed by atoms with Gasteiger partial charge in [-0.3, -0.25) is 24.9 Å². The number of benzene rings is 3. The molecule has 0 radical (unpaired) electrons. The molecule has 0 aliphatic rings. The van der Waals surface area contributed by atoms with Crippen molar-refractivity contribution < 1.29 is 22.6 Å². The van der Waals surface area contributed by atoms with Crippen molar-refractivity contribution in [1.82, 2.24) is 10.2 Å². The number of hydrogen-bond donors (Lipinski definition) is 2. The third-order valence-corrected chi connectivity index (χ3v) is 5.85. The first-order valence-electron chi connectivity index (χ1n) is 9.41. The van der Waals surface area contributed by atoms with Gasteiger partial charge in [-0.05, 0) is 30.3 Å². The molecule has 0 bridgehead atoms. The number of carbonyl (C=O) groups excluding carboxylic acids is 1. The largest absolute Gasteiger partial charge is 0.403 e. The van der Waals surface area contributed by atoms with Crippen LogP contribution in [0.3, 0.4) is 0 Å². The molecule has 0 saturated carbocycles. The number of para-hydroxylation sites is 2. The number of amides is 1. The second-order valence-corrected chi connectivity index (χ2v) is 8.26. The molecule has 0 saturated heterocycles. The Balaban J connectivity index is 1.59. The third kappa shape index (κ3) is 4.70. The predicted octanol–water partition coefficient (Wildman–Crippen LogP) is 3.70. The van der Waals surface area contributed by atoms with Crippen LogP contribution in [0.15, 0.2) is 88.2 Å². The first kappa shape index (κ1) is 21.6. The van der Waals surface area contributed by atoms with E-state index in [2.05, 4.69) is 20.2 Å². The molecule has 166 valence electrons. The molecule has 0 aliphatic carbocycles. The smallest absolute Gasteiger partial charge is 0.322 e. The van der Waals surface area contributed by atoms with Crippen LogP contribution in [-0.2, 0) is 10.0 Å². The van der Waals surface area contributed by atoms with Crippen LogP contribution >= 0.6 is 0 Å². The number of nitro benzene ring substituents is 1. The number of aromatic nitrogens is 2. The summed E-state index contributed by atoms with van der Waals surface area (Å²) in [7, 11) is -4.37. The molecule has 1 heterocycles. The van der Waals surface area contributed by atoms with Crippen molar-refractivity contribution in [2.45, 2.75) is 4.90 Å². The first-order valence-corrected chi connectivity index (χ1v) is 10.9. The molecular formula is C21H15N5O6S. The standard InChI is InChI=1S/C21H15N5O6S/c27-19(22-21-24-23-20(32-21)14-8-2-1-3-9-14)15-10-4-5-11-16(15)25-33(30,31)18-13-7-6-12-17(18)26(28)29/h1-13,25H,(H,22,24,27). The number of rotatable bonds is 7. The van der Waals surface area contributed by atoms with Crippen molar-refractivity contribution in [3.63, 3.8) is 0 Å². The Kier molecular flexibility index (Phi) is 5.83. The summed E-state index contributed by atoms with van der Waals surface area (Å²) < 4.78 is 33.3. The van der Waals surface area contributed by atoms with Crippen molar-refractivity contribution in [2.75, 3.05) is 10.0 Å². The first-order chi connectivity index (χ1) is 15.8. The monoisotopic (exact) mass is 465 g/mol. The molecule has 0 atom stereocenters. The van der Waals surface area contributed by atoms with Crippen LogP contribution in [0.25, 0.3) is 11.5 Å². The van der Waals surface area contributed by atoms with E-state index in [-0.39, 0.29) is 23.2 Å². The quantitative estimate of drug-likeness (QED) is 0.309. The van der Waals surface area contributed by atoms with E-state index < -0.39 is 31.4 Å². The lowest BCUT2D eigenvalue weighted by Crippen LogP contribution is -2.19. The zero-order valence-electron chi connectivity index (χ0n) is 16.7. The topological polar surface area (TPSA) is 157 Å². The normalized spacial score (nSPS) is 11.0. The summed E-state index contributed by atoms with van der Waals surface area (Å²) in [5.74, 6) is -0.532. The zero-order chi connectivity index (χ0) is 23.4. The molecule has 4 rings (SSSR count). The molecule has 0 unspecified atom stereocenters. The number of nitro groups is 1. The number of anilines is 2. The Morgan fingerprint density at radius 1 is 0.909 bits per heavy atom. The molecule has 33 heavy (non-hydrogen) atoms. The minimum Gasteiger partial charge on any atom is -0.403 e. The molecule has 0 fully saturated rings. The predicted molar refractivity (Wildman–Crippen MR) is 118 cm³/mol. The Morgan fingerprint density at radius 2 is 1.58 bits per heavy atom. The third-order valence-electron chi connectivity index (χ3n) is 4.43. The summed E-state index contributed by atoms with van der Waals surface area (Å²) in [5.41, 5.74) is -0.0792. The highest BCUT2D eigenvalue weighted by Crippen LogP contribution is 2.27. The molecular weight excluding hydrogens is 450 g/mol. The Labute approximate surface area is 187 Å². The van der Waals surface area contributed by atoms with Crippen molar-refractivity contribution in [1.29, 1.82) is 0 Å². The lowest BCUT2D eigenvalue weighted by Gasteiger charge is -2.12. The average molecular weight is 465 g/mol. The van der Waals surface area contributed by atoms with Gasteiger partial charge in [0.25, 0.3) is 21.6 Å². The fourth-order valence-corrected chi connectivity index (χ4v) is 4.19. The highest BCUT2D eigenvalue weighted by Gasteiger charge is 2.27. The second-order valence-electron chi connectivity index (χ2n) is 6.61. The van der Waals surface area contributed by atoms with Gasteiger partial charge < -0.3 is 4.42 Å². The number of carbonyl (C=O) groups is 1. The van der Waals surface area contributed by atoms with Crippen LogP contribution in [-0.4, -0.2) is 29.4 Å². The molecule has 0 spiro atoms. The lowest BCUT2D eigenvalue weighted by molar-refractivity contribution is -0.387. The fraction of sp³-hybridized carbons (Fsp3) is 0. The minimum atomic E-state index is -4.37. The van der Waals surface area contributed by atoms with Crippen LogP contribution < -0.4 is 10.0 Å².